The molecule has 0 unspecified atom stereocenters. The van der Waals surface area contributed by atoms with E-state index in [9.17, 15) is 4.79 Å². The van der Waals surface area contributed by atoms with Crippen molar-refractivity contribution >= 4 is 60.2 Å². The molecule has 0 saturated carbocycles. The fourth-order valence-electron chi connectivity index (χ4n) is 6.27. The Kier molecular flexibility index (Phi) is 7.98. The number of thiophene rings is 1. The second-order valence-corrected chi connectivity index (χ2v) is 12.3. The molecule has 8 heteroatoms. The molecule has 2 aromatic heterocycles. The Morgan fingerprint density at radius 1 is 0.907 bits per heavy atom. The standard InChI is InChI=1S/C35H36N4O3S/c36-22-25(23-37-12-15-38-13-2-1-3-14-38)24-10-11-32-30(20-24)28-8-5-7-27(35(28)43-32)26-6-4-9-29-31(40)21-33(42-34(26)29)39-16-18-41-19-17-39/h4-11,20-23H,1-3,12-19,36H2/b25-22+,37-23?. The summed E-state index contributed by atoms with van der Waals surface area (Å²) in [7, 11) is 0. The van der Waals surface area contributed by atoms with E-state index >= 15 is 0 Å². The number of hydrogen-bond donors (Lipinski definition) is 1. The Balaban J connectivity index is 1.24. The quantitative estimate of drug-likeness (QED) is 0.217. The van der Waals surface area contributed by atoms with Crippen molar-refractivity contribution in [3.63, 3.8) is 0 Å². The van der Waals surface area contributed by atoms with Crippen LogP contribution in [0.2, 0.25) is 0 Å². The average molecular weight is 593 g/mol. The lowest BCUT2D eigenvalue weighted by Crippen LogP contribution is -2.36. The Bertz CT molecular complexity index is 1890. The van der Waals surface area contributed by atoms with Gasteiger partial charge in [-0.3, -0.25) is 9.79 Å². The van der Waals surface area contributed by atoms with Gasteiger partial charge in [-0.2, -0.15) is 0 Å². The Morgan fingerprint density at radius 3 is 2.51 bits per heavy atom. The molecule has 2 saturated heterocycles. The van der Waals surface area contributed by atoms with Crippen molar-refractivity contribution in [2.45, 2.75) is 19.3 Å². The zero-order valence-corrected chi connectivity index (χ0v) is 25.1. The first-order chi connectivity index (χ1) is 21.2. The molecule has 2 aliphatic rings. The lowest BCUT2D eigenvalue weighted by atomic mass is 9.99. The fourth-order valence-corrected chi connectivity index (χ4v) is 7.48. The molecule has 220 valence electrons. The van der Waals surface area contributed by atoms with E-state index < -0.39 is 0 Å². The number of likely N-dealkylation sites (tertiary alicyclic amines) is 1. The molecule has 3 aromatic carbocycles. The first-order valence-electron chi connectivity index (χ1n) is 15.2. The number of benzene rings is 3. The van der Waals surface area contributed by atoms with Crippen molar-refractivity contribution in [1.82, 2.24) is 4.90 Å². The highest BCUT2D eigenvalue weighted by molar-refractivity contribution is 7.26. The van der Waals surface area contributed by atoms with E-state index in [1.54, 1.807) is 23.6 Å². The molecule has 7 nitrogen and oxygen atoms in total. The number of nitrogens with zero attached hydrogens (tertiary/aromatic N) is 3. The molecular formula is C35H36N4O3S. The average Bonchev–Trinajstić information content (AvgIpc) is 3.44. The number of para-hydroxylation sites is 1. The molecule has 0 radical (unpaired) electrons. The molecule has 2 N–H and O–H groups in total. The van der Waals surface area contributed by atoms with E-state index in [1.807, 2.05) is 18.3 Å². The summed E-state index contributed by atoms with van der Waals surface area (Å²) < 4.78 is 14.3. The summed E-state index contributed by atoms with van der Waals surface area (Å²) in [4.78, 5) is 22.5. The summed E-state index contributed by atoms with van der Waals surface area (Å²) in [6.07, 6.45) is 7.48. The van der Waals surface area contributed by atoms with Crippen molar-refractivity contribution in [3.8, 4) is 11.1 Å². The Morgan fingerprint density at radius 2 is 1.70 bits per heavy atom. The van der Waals surface area contributed by atoms with E-state index in [-0.39, 0.29) is 5.43 Å². The number of allylic oxidation sites excluding steroid dienone is 1. The zero-order chi connectivity index (χ0) is 29.2. The van der Waals surface area contributed by atoms with Gasteiger partial charge in [-0.25, -0.2) is 0 Å². The molecule has 0 atom stereocenters. The van der Waals surface area contributed by atoms with Gasteiger partial charge in [0.15, 0.2) is 11.3 Å². The minimum Gasteiger partial charge on any atom is -0.440 e. The van der Waals surface area contributed by atoms with Crippen LogP contribution in [-0.2, 0) is 4.74 Å². The first kappa shape index (κ1) is 27.8. The second kappa shape index (κ2) is 12.3. The Labute approximate surface area is 254 Å². The van der Waals surface area contributed by atoms with Gasteiger partial charge in [0.25, 0.3) is 0 Å². The minimum absolute atomic E-state index is 0.0311. The van der Waals surface area contributed by atoms with Crippen LogP contribution in [0.3, 0.4) is 0 Å². The van der Waals surface area contributed by atoms with Gasteiger partial charge in [0.2, 0.25) is 0 Å². The van der Waals surface area contributed by atoms with E-state index in [2.05, 4.69) is 52.3 Å². The predicted octanol–water partition coefficient (Wildman–Crippen LogP) is 6.52. The van der Waals surface area contributed by atoms with Crippen molar-refractivity contribution in [2.75, 3.05) is 57.4 Å². The topological polar surface area (TPSA) is 84.3 Å². The second-order valence-electron chi connectivity index (χ2n) is 11.3. The lowest BCUT2D eigenvalue weighted by Gasteiger charge is -2.27. The number of rotatable bonds is 7. The molecule has 43 heavy (non-hydrogen) atoms. The maximum atomic E-state index is 13.2. The molecular weight excluding hydrogens is 556 g/mol. The van der Waals surface area contributed by atoms with Crippen LogP contribution in [0.25, 0.3) is 47.8 Å². The fraction of sp³-hybridized carbons (Fsp3) is 0.314. The summed E-state index contributed by atoms with van der Waals surface area (Å²) in [6, 6.07) is 20.3. The number of ether oxygens (including phenoxy) is 1. The first-order valence-corrected chi connectivity index (χ1v) is 16.0. The predicted molar refractivity (Wildman–Crippen MR) is 180 cm³/mol. The van der Waals surface area contributed by atoms with Crippen molar-refractivity contribution in [1.29, 1.82) is 0 Å². The molecule has 0 amide bonds. The van der Waals surface area contributed by atoms with Crippen molar-refractivity contribution in [2.24, 2.45) is 10.7 Å². The molecule has 2 fully saturated rings. The molecule has 0 bridgehead atoms. The molecule has 0 aliphatic carbocycles. The van der Waals surface area contributed by atoms with Crippen LogP contribution in [0.1, 0.15) is 24.8 Å². The third kappa shape index (κ3) is 5.58. The normalized spacial score (nSPS) is 17.1. The van der Waals surface area contributed by atoms with Crippen molar-refractivity contribution < 1.29 is 9.15 Å². The third-order valence-corrected chi connectivity index (χ3v) is 9.81. The molecule has 4 heterocycles. The van der Waals surface area contributed by atoms with Gasteiger partial charge in [0, 0.05) is 75.0 Å². The summed E-state index contributed by atoms with van der Waals surface area (Å²) >= 11 is 1.76. The maximum Gasteiger partial charge on any atom is 0.200 e. The number of hydrogen-bond acceptors (Lipinski definition) is 8. The van der Waals surface area contributed by atoms with Crippen LogP contribution < -0.4 is 16.1 Å². The van der Waals surface area contributed by atoms with Gasteiger partial charge in [0.05, 0.1) is 25.1 Å². The minimum atomic E-state index is -0.0311. The van der Waals surface area contributed by atoms with Crippen LogP contribution in [-0.4, -0.2) is 63.6 Å². The SMILES string of the molecule is N/C=C(\C=NCCN1CCCCC1)c1ccc2sc3c(-c4cccc5c(=O)cc(N6CCOCC6)oc45)cccc3c2c1. The van der Waals surface area contributed by atoms with Gasteiger partial charge >= 0.3 is 0 Å². The van der Waals surface area contributed by atoms with Gasteiger partial charge < -0.3 is 24.7 Å². The summed E-state index contributed by atoms with van der Waals surface area (Å²) in [5, 5.41) is 2.93. The Hall–Kier alpha value is -3.98. The number of aliphatic imine (C=N–C) groups is 1. The van der Waals surface area contributed by atoms with Crippen LogP contribution in [0.15, 0.2) is 81.1 Å². The summed E-state index contributed by atoms with van der Waals surface area (Å²) in [5.41, 5.74) is 10.6. The van der Waals surface area contributed by atoms with Crippen LogP contribution in [0, 0.1) is 0 Å². The van der Waals surface area contributed by atoms with E-state index in [0.717, 1.165) is 40.1 Å². The van der Waals surface area contributed by atoms with Gasteiger partial charge in [-0.05, 0) is 49.7 Å². The van der Waals surface area contributed by atoms with Gasteiger partial charge in [-0.1, -0.05) is 42.8 Å². The highest BCUT2D eigenvalue weighted by atomic mass is 32.1. The summed E-state index contributed by atoms with van der Waals surface area (Å²) in [5.74, 6) is 0.597. The molecule has 0 spiro atoms. The highest BCUT2D eigenvalue weighted by Crippen LogP contribution is 2.42. The number of piperidine rings is 1. The van der Waals surface area contributed by atoms with E-state index in [1.165, 1.54) is 47.8 Å². The van der Waals surface area contributed by atoms with Gasteiger partial charge in [0.1, 0.15) is 5.58 Å². The number of morpholine rings is 1. The number of fused-ring (bicyclic) bond motifs is 4. The molecule has 5 aromatic rings. The van der Waals surface area contributed by atoms with Gasteiger partial charge in [-0.15, -0.1) is 11.3 Å². The lowest BCUT2D eigenvalue weighted by molar-refractivity contribution is 0.121. The third-order valence-electron chi connectivity index (χ3n) is 8.59. The molecule has 2 aliphatic heterocycles. The van der Waals surface area contributed by atoms with Crippen LogP contribution in [0.5, 0.6) is 0 Å². The maximum absolute atomic E-state index is 13.2. The molecule has 7 rings (SSSR count). The summed E-state index contributed by atoms with van der Waals surface area (Å²) in [6.45, 7) is 6.78. The van der Waals surface area contributed by atoms with E-state index in [4.69, 9.17) is 19.9 Å². The largest absolute Gasteiger partial charge is 0.440 e. The zero-order valence-electron chi connectivity index (χ0n) is 24.3. The van der Waals surface area contributed by atoms with E-state index in [0.29, 0.717) is 43.2 Å². The van der Waals surface area contributed by atoms with Crippen LogP contribution in [0.4, 0.5) is 5.88 Å². The number of nitrogens with two attached hydrogens (primary N) is 1. The highest BCUT2D eigenvalue weighted by Gasteiger charge is 2.19. The monoisotopic (exact) mass is 592 g/mol. The van der Waals surface area contributed by atoms with Crippen LogP contribution >= 0.6 is 11.3 Å². The smallest absolute Gasteiger partial charge is 0.200 e. The van der Waals surface area contributed by atoms with Crippen molar-refractivity contribution in [3.05, 3.63) is 82.7 Å². The number of anilines is 1.